The predicted octanol–water partition coefficient (Wildman–Crippen LogP) is 4.54. The van der Waals surface area contributed by atoms with Gasteiger partial charge in [-0.3, -0.25) is 9.36 Å². The van der Waals surface area contributed by atoms with Gasteiger partial charge >= 0.3 is 0 Å². The second-order valence-electron chi connectivity index (χ2n) is 6.31. The average Bonchev–Trinajstić information content (AvgIpc) is 3.14. The third kappa shape index (κ3) is 5.59. The van der Waals surface area contributed by atoms with Crippen LogP contribution < -0.4 is 5.32 Å². The maximum Gasteiger partial charge on any atom is 0.234 e. The summed E-state index contributed by atoms with van der Waals surface area (Å²) < 4.78 is 7.19. The highest BCUT2D eigenvalue weighted by Gasteiger charge is 2.16. The summed E-state index contributed by atoms with van der Waals surface area (Å²) in [7, 11) is 1.65. The third-order valence-corrected chi connectivity index (χ3v) is 5.56. The van der Waals surface area contributed by atoms with Crippen LogP contribution in [0.1, 0.15) is 12.5 Å². The van der Waals surface area contributed by atoms with Gasteiger partial charge < -0.3 is 10.1 Å². The van der Waals surface area contributed by atoms with Gasteiger partial charge in [0.15, 0.2) is 11.0 Å². The van der Waals surface area contributed by atoms with Crippen molar-refractivity contribution in [3.8, 4) is 11.4 Å². The molecule has 1 aromatic heterocycles. The molecule has 3 aromatic rings. The molecule has 29 heavy (non-hydrogen) atoms. The highest BCUT2D eigenvalue weighted by atomic mass is 35.5. The lowest BCUT2D eigenvalue weighted by atomic mass is 10.1. The lowest BCUT2D eigenvalue weighted by Crippen LogP contribution is -2.16. The van der Waals surface area contributed by atoms with E-state index in [9.17, 15) is 4.79 Å². The first-order valence-corrected chi connectivity index (χ1v) is 10.7. The van der Waals surface area contributed by atoms with E-state index in [2.05, 4.69) is 22.4 Å². The number of aryl methyl sites for hydroxylation is 1. The van der Waals surface area contributed by atoms with Crippen molar-refractivity contribution in [2.45, 2.75) is 25.0 Å². The average molecular weight is 431 g/mol. The number of anilines is 1. The van der Waals surface area contributed by atoms with E-state index in [1.165, 1.54) is 11.8 Å². The van der Waals surface area contributed by atoms with E-state index < -0.39 is 0 Å². The molecule has 1 heterocycles. The Balaban J connectivity index is 1.73. The first kappa shape index (κ1) is 21.4. The Morgan fingerprint density at radius 1 is 1.17 bits per heavy atom. The number of carbonyl (C=O) groups excluding carboxylic acids is 1. The van der Waals surface area contributed by atoms with Gasteiger partial charge in [0.25, 0.3) is 0 Å². The molecule has 0 atom stereocenters. The Morgan fingerprint density at radius 2 is 1.93 bits per heavy atom. The highest BCUT2D eigenvalue weighted by molar-refractivity contribution is 7.99. The van der Waals surface area contributed by atoms with Gasteiger partial charge in [0, 0.05) is 23.4 Å². The molecular formula is C21H23ClN4O2S. The summed E-state index contributed by atoms with van der Waals surface area (Å²) in [4.78, 5) is 12.5. The number of nitrogens with one attached hydrogen (secondary N) is 1. The number of halogens is 1. The van der Waals surface area contributed by atoms with Crippen molar-refractivity contribution in [3.05, 3.63) is 59.1 Å². The highest BCUT2D eigenvalue weighted by Crippen LogP contribution is 2.25. The topological polar surface area (TPSA) is 69.0 Å². The number of methoxy groups -OCH3 is 1. The summed E-state index contributed by atoms with van der Waals surface area (Å²) in [6.45, 7) is 3.17. The van der Waals surface area contributed by atoms with Crippen LogP contribution in [-0.2, 0) is 22.5 Å². The second kappa shape index (κ2) is 10.4. The molecular weight excluding hydrogens is 408 g/mol. The number of hydrogen-bond acceptors (Lipinski definition) is 5. The van der Waals surface area contributed by atoms with Crippen LogP contribution in [0.3, 0.4) is 0 Å². The Bertz CT molecular complexity index is 960. The SMILES string of the molecule is CCc1ccccc1NC(=O)CSc1nnc(-c2ccc(Cl)cc2)n1CCOC. The molecule has 0 radical (unpaired) electrons. The van der Waals surface area contributed by atoms with Crippen LogP contribution in [0.25, 0.3) is 11.4 Å². The van der Waals surface area contributed by atoms with Crippen molar-refractivity contribution < 1.29 is 9.53 Å². The van der Waals surface area contributed by atoms with Crippen molar-refractivity contribution in [2.24, 2.45) is 0 Å². The number of nitrogens with zero attached hydrogens (tertiary/aromatic N) is 3. The van der Waals surface area contributed by atoms with Gasteiger partial charge in [-0.05, 0) is 42.3 Å². The van der Waals surface area contributed by atoms with Crippen LogP contribution in [0, 0.1) is 0 Å². The summed E-state index contributed by atoms with van der Waals surface area (Å²) >= 11 is 7.34. The van der Waals surface area contributed by atoms with Crippen LogP contribution >= 0.6 is 23.4 Å². The number of ether oxygens (including phenoxy) is 1. The van der Waals surface area contributed by atoms with Crippen molar-refractivity contribution in [1.29, 1.82) is 0 Å². The van der Waals surface area contributed by atoms with Crippen LogP contribution in [0.4, 0.5) is 5.69 Å². The molecule has 0 saturated carbocycles. The smallest absolute Gasteiger partial charge is 0.234 e. The molecule has 2 aromatic carbocycles. The monoisotopic (exact) mass is 430 g/mol. The number of thioether (sulfide) groups is 1. The van der Waals surface area contributed by atoms with Gasteiger partial charge in [0.1, 0.15) is 0 Å². The van der Waals surface area contributed by atoms with Crippen LogP contribution in [0.2, 0.25) is 5.02 Å². The van der Waals surface area contributed by atoms with Crippen molar-refractivity contribution in [3.63, 3.8) is 0 Å². The molecule has 0 aliphatic heterocycles. The fourth-order valence-electron chi connectivity index (χ4n) is 2.86. The zero-order chi connectivity index (χ0) is 20.6. The van der Waals surface area contributed by atoms with E-state index in [1.807, 2.05) is 53.1 Å². The summed E-state index contributed by atoms with van der Waals surface area (Å²) in [5.41, 5.74) is 2.87. The van der Waals surface area contributed by atoms with Crippen molar-refractivity contribution in [2.75, 3.05) is 24.8 Å². The molecule has 0 saturated heterocycles. The van der Waals surface area contributed by atoms with E-state index in [4.69, 9.17) is 16.3 Å². The van der Waals surface area contributed by atoms with Gasteiger partial charge in [0.05, 0.1) is 18.9 Å². The molecule has 0 unspecified atom stereocenters. The molecule has 1 N–H and O–H groups in total. The van der Waals surface area contributed by atoms with Gasteiger partial charge in [0.2, 0.25) is 5.91 Å². The zero-order valence-electron chi connectivity index (χ0n) is 16.4. The van der Waals surface area contributed by atoms with Gasteiger partial charge in [-0.1, -0.05) is 48.5 Å². The summed E-state index contributed by atoms with van der Waals surface area (Å²) in [5, 5.41) is 12.9. The Kier molecular flexibility index (Phi) is 7.69. The standard InChI is InChI=1S/C21H23ClN4O2S/c1-3-15-6-4-5-7-18(15)23-19(27)14-29-21-25-24-20(26(21)12-13-28-2)16-8-10-17(22)11-9-16/h4-11H,3,12-14H2,1-2H3,(H,23,27). The fourth-order valence-corrected chi connectivity index (χ4v) is 3.75. The number of aromatic nitrogens is 3. The molecule has 3 rings (SSSR count). The predicted molar refractivity (Wildman–Crippen MR) is 118 cm³/mol. The van der Waals surface area contributed by atoms with E-state index in [-0.39, 0.29) is 11.7 Å². The molecule has 6 nitrogen and oxygen atoms in total. The normalized spacial score (nSPS) is 10.9. The minimum absolute atomic E-state index is 0.0785. The van der Waals surface area contributed by atoms with Crippen LogP contribution in [0.5, 0.6) is 0 Å². The molecule has 0 spiro atoms. The Labute approximate surface area is 179 Å². The van der Waals surface area contributed by atoms with Gasteiger partial charge in [-0.15, -0.1) is 10.2 Å². The Morgan fingerprint density at radius 3 is 2.66 bits per heavy atom. The third-order valence-electron chi connectivity index (χ3n) is 4.34. The summed E-state index contributed by atoms with van der Waals surface area (Å²) in [6.07, 6.45) is 0.861. The second-order valence-corrected chi connectivity index (χ2v) is 7.68. The van der Waals surface area contributed by atoms with Crippen molar-refractivity contribution in [1.82, 2.24) is 14.8 Å². The lowest BCUT2D eigenvalue weighted by Gasteiger charge is -2.11. The van der Waals surface area contributed by atoms with Crippen molar-refractivity contribution >= 4 is 35.0 Å². The van der Waals surface area contributed by atoms with E-state index in [0.29, 0.717) is 23.3 Å². The summed E-state index contributed by atoms with van der Waals surface area (Å²) in [5.74, 6) is 0.882. The largest absolute Gasteiger partial charge is 0.383 e. The first-order valence-electron chi connectivity index (χ1n) is 9.31. The number of hydrogen-bond donors (Lipinski definition) is 1. The maximum atomic E-state index is 12.5. The van der Waals surface area contributed by atoms with Gasteiger partial charge in [-0.2, -0.15) is 0 Å². The molecule has 1 amide bonds. The van der Waals surface area contributed by atoms with E-state index >= 15 is 0 Å². The minimum atomic E-state index is -0.0785. The quantitative estimate of drug-likeness (QED) is 0.505. The van der Waals surface area contributed by atoms with Crippen LogP contribution in [-0.4, -0.2) is 40.1 Å². The number of para-hydroxylation sites is 1. The molecule has 0 aliphatic rings. The van der Waals surface area contributed by atoms with Gasteiger partial charge in [-0.25, -0.2) is 0 Å². The first-order chi connectivity index (χ1) is 14.1. The molecule has 0 fully saturated rings. The molecule has 8 heteroatoms. The molecule has 0 bridgehead atoms. The van der Waals surface area contributed by atoms with Crippen LogP contribution in [0.15, 0.2) is 53.7 Å². The fraction of sp³-hybridized carbons (Fsp3) is 0.286. The Hall–Kier alpha value is -2.35. The maximum absolute atomic E-state index is 12.5. The number of carbonyl (C=O) groups is 1. The van der Waals surface area contributed by atoms with E-state index in [0.717, 1.165) is 29.1 Å². The lowest BCUT2D eigenvalue weighted by molar-refractivity contribution is -0.113. The molecule has 0 aliphatic carbocycles. The summed E-state index contributed by atoms with van der Waals surface area (Å²) in [6, 6.07) is 15.3. The van der Waals surface area contributed by atoms with E-state index in [1.54, 1.807) is 7.11 Å². The number of benzene rings is 2. The minimum Gasteiger partial charge on any atom is -0.383 e. The molecule has 152 valence electrons. The number of rotatable bonds is 9. The zero-order valence-corrected chi connectivity index (χ0v) is 18.0. The number of amides is 1.